The maximum Gasteiger partial charge on any atom is 0.337 e. The number of halogens is 1. The first-order valence-electron chi connectivity index (χ1n) is 10.4. The molecule has 1 aliphatic heterocycles. The lowest BCUT2D eigenvalue weighted by atomic mass is 10.1. The van der Waals surface area contributed by atoms with Gasteiger partial charge in [0.2, 0.25) is 0 Å². The first-order chi connectivity index (χ1) is 15.4. The Labute approximate surface area is 196 Å². The number of nitrogens with one attached hydrogen (secondary N) is 1. The van der Waals surface area contributed by atoms with Crippen LogP contribution in [-0.2, 0) is 4.74 Å². The molecule has 0 saturated carbocycles. The molecule has 1 unspecified atom stereocenters. The van der Waals surface area contributed by atoms with Crippen molar-refractivity contribution in [1.29, 1.82) is 0 Å². The van der Waals surface area contributed by atoms with Crippen molar-refractivity contribution in [3.05, 3.63) is 69.7 Å². The number of amides is 1. The Kier molecular flexibility index (Phi) is 6.77. The first-order valence-corrected chi connectivity index (χ1v) is 11.6. The fourth-order valence-corrected chi connectivity index (χ4v) is 4.94. The van der Waals surface area contributed by atoms with E-state index in [4.69, 9.17) is 16.3 Å². The van der Waals surface area contributed by atoms with E-state index in [1.54, 1.807) is 6.07 Å². The molecule has 32 heavy (non-hydrogen) atoms. The number of aromatic nitrogens is 1. The number of nitrogens with zero attached hydrogens (tertiary/aromatic N) is 2. The molecule has 0 bridgehead atoms. The largest absolute Gasteiger partial charge is 0.465 e. The van der Waals surface area contributed by atoms with Crippen molar-refractivity contribution in [2.24, 2.45) is 5.92 Å². The van der Waals surface area contributed by atoms with E-state index >= 15 is 0 Å². The van der Waals surface area contributed by atoms with E-state index in [0.29, 0.717) is 27.9 Å². The van der Waals surface area contributed by atoms with Crippen LogP contribution in [0.5, 0.6) is 0 Å². The summed E-state index contributed by atoms with van der Waals surface area (Å²) >= 11 is 7.35. The van der Waals surface area contributed by atoms with Crippen molar-refractivity contribution >= 4 is 40.5 Å². The van der Waals surface area contributed by atoms with Gasteiger partial charge in [0, 0.05) is 35.9 Å². The molecule has 0 radical (unpaired) electrons. The van der Waals surface area contributed by atoms with Crippen LogP contribution < -0.4 is 10.2 Å². The summed E-state index contributed by atoms with van der Waals surface area (Å²) in [7, 11) is 1.38. The van der Waals surface area contributed by atoms with Crippen LogP contribution in [0, 0.1) is 12.8 Å². The van der Waals surface area contributed by atoms with E-state index in [1.807, 2.05) is 49.4 Å². The summed E-state index contributed by atoms with van der Waals surface area (Å²) in [5, 5.41) is 4.55. The number of benzene rings is 2. The first kappa shape index (κ1) is 22.3. The molecular formula is C24H24ClN3O3S. The van der Waals surface area contributed by atoms with Gasteiger partial charge in [-0.2, -0.15) is 0 Å². The summed E-state index contributed by atoms with van der Waals surface area (Å²) in [6, 6.07) is 14.9. The molecule has 2 heterocycles. The number of aryl methyl sites for hydroxylation is 1. The monoisotopic (exact) mass is 469 g/mol. The lowest BCUT2D eigenvalue weighted by Crippen LogP contribution is -2.31. The summed E-state index contributed by atoms with van der Waals surface area (Å²) in [6.07, 6.45) is 0.973. The summed E-state index contributed by atoms with van der Waals surface area (Å²) in [6.45, 7) is 4.16. The van der Waals surface area contributed by atoms with Gasteiger partial charge in [0.25, 0.3) is 5.91 Å². The SMILES string of the molecule is COC(=O)c1cccc(N2CCC(CNC(=O)c3sc(-c4ccc(Cl)cc4)nc3C)C2)c1. The second-order valence-electron chi connectivity index (χ2n) is 7.79. The second-order valence-corrected chi connectivity index (χ2v) is 9.23. The van der Waals surface area contributed by atoms with Crippen molar-refractivity contribution in [3.63, 3.8) is 0 Å². The predicted molar refractivity (Wildman–Crippen MR) is 128 cm³/mol. The number of methoxy groups -OCH3 is 1. The maximum absolute atomic E-state index is 12.8. The Morgan fingerprint density at radius 1 is 1.25 bits per heavy atom. The second kappa shape index (κ2) is 9.71. The molecule has 1 amide bonds. The number of anilines is 1. The molecule has 166 valence electrons. The smallest absolute Gasteiger partial charge is 0.337 e. The van der Waals surface area contributed by atoms with Crippen LogP contribution in [-0.4, -0.2) is 43.6 Å². The summed E-state index contributed by atoms with van der Waals surface area (Å²) in [4.78, 5) is 32.0. The molecule has 2 aromatic carbocycles. The van der Waals surface area contributed by atoms with Gasteiger partial charge in [0.05, 0.1) is 18.4 Å². The third kappa shape index (κ3) is 4.95. The quantitative estimate of drug-likeness (QED) is 0.524. The van der Waals surface area contributed by atoms with Crippen LogP contribution in [0.4, 0.5) is 5.69 Å². The minimum Gasteiger partial charge on any atom is -0.465 e. The van der Waals surface area contributed by atoms with Gasteiger partial charge in [-0.05, 0) is 49.6 Å². The number of hydrogen-bond acceptors (Lipinski definition) is 6. The molecule has 1 atom stereocenters. The molecule has 6 nitrogen and oxygen atoms in total. The number of rotatable bonds is 6. The number of ether oxygens (including phenoxy) is 1. The summed E-state index contributed by atoms with van der Waals surface area (Å²) < 4.78 is 4.81. The van der Waals surface area contributed by atoms with Crippen LogP contribution in [0.25, 0.3) is 10.6 Å². The number of esters is 1. The Morgan fingerprint density at radius 2 is 2.03 bits per heavy atom. The van der Waals surface area contributed by atoms with Gasteiger partial charge in [-0.3, -0.25) is 4.79 Å². The normalized spacial score (nSPS) is 15.6. The standard InChI is InChI=1S/C24H24ClN3O3S/c1-15-21(32-23(27-15)17-6-8-19(25)9-7-17)22(29)26-13-16-10-11-28(14-16)20-5-3-4-18(12-20)24(30)31-2/h3-9,12,16H,10-11,13-14H2,1-2H3,(H,26,29). The van der Waals surface area contributed by atoms with E-state index in [1.165, 1.54) is 18.4 Å². The lowest BCUT2D eigenvalue weighted by Gasteiger charge is -2.19. The molecule has 0 aliphatic carbocycles. The van der Waals surface area contributed by atoms with E-state index < -0.39 is 0 Å². The van der Waals surface area contributed by atoms with Gasteiger partial charge in [-0.25, -0.2) is 9.78 Å². The minimum absolute atomic E-state index is 0.0913. The number of carbonyl (C=O) groups excluding carboxylic acids is 2. The number of thiazole rings is 1. The van der Waals surface area contributed by atoms with Gasteiger partial charge < -0.3 is 15.0 Å². The Balaban J connectivity index is 1.35. The average Bonchev–Trinajstić information content (AvgIpc) is 3.44. The topological polar surface area (TPSA) is 71.5 Å². The predicted octanol–water partition coefficient (Wildman–Crippen LogP) is 4.81. The van der Waals surface area contributed by atoms with Crippen molar-refractivity contribution in [2.45, 2.75) is 13.3 Å². The molecule has 3 aromatic rings. The van der Waals surface area contributed by atoms with E-state index in [-0.39, 0.29) is 11.9 Å². The lowest BCUT2D eigenvalue weighted by molar-refractivity contribution is 0.0600. The van der Waals surface area contributed by atoms with Crippen LogP contribution in [0.2, 0.25) is 5.02 Å². The Hall–Kier alpha value is -2.90. The molecule has 8 heteroatoms. The van der Waals surface area contributed by atoms with Crippen LogP contribution in [0.1, 0.15) is 32.1 Å². The highest BCUT2D eigenvalue weighted by Gasteiger charge is 2.25. The highest BCUT2D eigenvalue weighted by atomic mass is 35.5. The fourth-order valence-electron chi connectivity index (χ4n) is 3.82. The van der Waals surface area contributed by atoms with Gasteiger partial charge in [-0.1, -0.05) is 29.8 Å². The van der Waals surface area contributed by atoms with E-state index in [9.17, 15) is 9.59 Å². The number of hydrogen-bond donors (Lipinski definition) is 1. The molecule has 1 N–H and O–H groups in total. The zero-order valence-electron chi connectivity index (χ0n) is 17.9. The molecule has 4 rings (SSSR count). The van der Waals surface area contributed by atoms with E-state index in [0.717, 1.165) is 41.5 Å². The zero-order chi connectivity index (χ0) is 22.7. The van der Waals surface area contributed by atoms with Gasteiger partial charge in [0.1, 0.15) is 9.88 Å². The minimum atomic E-state index is -0.340. The van der Waals surface area contributed by atoms with Crippen molar-refractivity contribution < 1.29 is 14.3 Å². The molecular weight excluding hydrogens is 446 g/mol. The molecule has 1 aromatic heterocycles. The summed E-state index contributed by atoms with van der Waals surface area (Å²) in [5.41, 5.74) is 3.21. The van der Waals surface area contributed by atoms with Gasteiger partial charge in [-0.15, -0.1) is 11.3 Å². The van der Waals surface area contributed by atoms with Crippen molar-refractivity contribution in [1.82, 2.24) is 10.3 Å². The number of carbonyl (C=O) groups is 2. The third-order valence-corrected chi connectivity index (χ3v) is 7.02. The Bertz CT molecular complexity index is 1130. The summed E-state index contributed by atoms with van der Waals surface area (Å²) in [5.74, 6) is -0.0937. The van der Waals surface area contributed by atoms with Crippen LogP contribution in [0.3, 0.4) is 0 Å². The highest BCUT2D eigenvalue weighted by Crippen LogP contribution is 2.29. The van der Waals surface area contributed by atoms with Crippen molar-refractivity contribution in [3.8, 4) is 10.6 Å². The molecule has 1 saturated heterocycles. The van der Waals surface area contributed by atoms with E-state index in [2.05, 4.69) is 15.2 Å². The van der Waals surface area contributed by atoms with Crippen LogP contribution >= 0.6 is 22.9 Å². The highest BCUT2D eigenvalue weighted by molar-refractivity contribution is 7.17. The van der Waals surface area contributed by atoms with Gasteiger partial charge >= 0.3 is 5.97 Å². The molecule has 0 spiro atoms. The average molecular weight is 470 g/mol. The van der Waals surface area contributed by atoms with Gasteiger partial charge in [0.15, 0.2) is 0 Å². The maximum atomic E-state index is 12.8. The fraction of sp³-hybridized carbons (Fsp3) is 0.292. The Morgan fingerprint density at radius 3 is 2.78 bits per heavy atom. The third-order valence-electron chi connectivity index (χ3n) is 5.56. The van der Waals surface area contributed by atoms with Crippen LogP contribution in [0.15, 0.2) is 48.5 Å². The molecule has 1 fully saturated rings. The van der Waals surface area contributed by atoms with Crippen molar-refractivity contribution in [2.75, 3.05) is 31.6 Å². The molecule has 1 aliphatic rings. The zero-order valence-corrected chi connectivity index (χ0v) is 19.5.